The normalized spacial score (nSPS) is 22.0. The van der Waals surface area contributed by atoms with Gasteiger partial charge < -0.3 is 15.4 Å². The molecule has 2 unspecified atom stereocenters. The lowest BCUT2D eigenvalue weighted by atomic mass is 9.91. The minimum atomic E-state index is -1.02. The van der Waals surface area contributed by atoms with Gasteiger partial charge in [0.05, 0.1) is 12.6 Å². The van der Waals surface area contributed by atoms with E-state index in [9.17, 15) is 4.79 Å². The Hall–Kier alpha value is -0.910. The highest BCUT2D eigenvalue weighted by atomic mass is 79.9. The predicted molar refractivity (Wildman–Crippen MR) is 77.7 cm³/mol. The Labute approximate surface area is 122 Å². The fourth-order valence-corrected chi connectivity index (χ4v) is 2.54. The van der Waals surface area contributed by atoms with E-state index in [-0.39, 0.29) is 11.9 Å². The Morgan fingerprint density at radius 2 is 2.11 bits per heavy atom. The van der Waals surface area contributed by atoms with Crippen molar-refractivity contribution in [3.05, 3.63) is 34.3 Å². The van der Waals surface area contributed by atoms with Crippen LogP contribution < -0.4 is 5.73 Å². The van der Waals surface area contributed by atoms with Gasteiger partial charge in [0, 0.05) is 18.1 Å². The van der Waals surface area contributed by atoms with E-state index in [0.717, 1.165) is 16.5 Å². The highest BCUT2D eigenvalue weighted by Crippen LogP contribution is 2.24. The highest BCUT2D eigenvalue weighted by molar-refractivity contribution is 9.10. The van der Waals surface area contributed by atoms with Crippen molar-refractivity contribution in [2.24, 2.45) is 5.73 Å². The minimum Gasteiger partial charge on any atom is -0.379 e. The quantitative estimate of drug-likeness (QED) is 0.922. The number of rotatable bonds is 3. The molecular formula is C14H19BrN2O2. The fourth-order valence-electron chi connectivity index (χ4n) is 2.28. The lowest BCUT2D eigenvalue weighted by molar-refractivity contribution is -0.137. The van der Waals surface area contributed by atoms with Gasteiger partial charge in [0.25, 0.3) is 0 Å². The first-order chi connectivity index (χ1) is 8.93. The molecule has 1 saturated heterocycles. The Balaban J connectivity index is 2.18. The summed E-state index contributed by atoms with van der Waals surface area (Å²) in [5.41, 5.74) is 6.05. The second kappa shape index (κ2) is 5.61. The summed E-state index contributed by atoms with van der Waals surface area (Å²) in [5.74, 6) is -0.0784. The highest BCUT2D eigenvalue weighted by Gasteiger charge is 2.36. The van der Waals surface area contributed by atoms with Gasteiger partial charge in [-0.3, -0.25) is 4.79 Å². The Morgan fingerprint density at radius 1 is 1.47 bits per heavy atom. The van der Waals surface area contributed by atoms with Crippen molar-refractivity contribution in [2.75, 3.05) is 20.3 Å². The van der Waals surface area contributed by atoms with Crippen LogP contribution in [-0.4, -0.2) is 37.1 Å². The van der Waals surface area contributed by atoms with Crippen molar-refractivity contribution in [3.63, 3.8) is 0 Å². The molecule has 1 heterocycles. The van der Waals surface area contributed by atoms with Crippen molar-refractivity contribution in [1.82, 2.24) is 4.90 Å². The summed E-state index contributed by atoms with van der Waals surface area (Å²) in [7, 11) is 1.80. The fraction of sp³-hybridized carbons (Fsp3) is 0.500. The van der Waals surface area contributed by atoms with Gasteiger partial charge in [-0.1, -0.05) is 28.1 Å². The maximum Gasteiger partial charge on any atom is 0.247 e. The molecule has 1 aliphatic rings. The third-order valence-corrected chi connectivity index (χ3v) is 4.19. The molecule has 2 N–H and O–H groups in total. The molecule has 0 bridgehead atoms. The van der Waals surface area contributed by atoms with Crippen molar-refractivity contribution >= 4 is 21.8 Å². The van der Waals surface area contributed by atoms with Gasteiger partial charge in [-0.15, -0.1) is 0 Å². The second-order valence-corrected chi connectivity index (χ2v) is 6.06. The van der Waals surface area contributed by atoms with Gasteiger partial charge in [-0.2, -0.15) is 0 Å². The van der Waals surface area contributed by atoms with Crippen molar-refractivity contribution < 1.29 is 9.53 Å². The second-order valence-electron chi connectivity index (χ2n) is 5.14. The van der Waals surface area contributed by atoms with Crippen LogP contribution in [0.2, 0.25) is 0 Å². The van der Waals surface area contributed by atoms with Crippen LogP contribution in [0.15, 0.2) is 28.7 Å². The van der Waals surface area contributed by atoms with E-state index in [2.05, 4.69) is 15.9 Å². The summed E-state index contributed by atoms with van der Waals surface area (Å²) in [4.78, 5) is 14.3. The van der Waals surface area contributed by atoms with Gasteiger partial charge in [0.15, 0.2) is 0 Å². The van der Waals surface area contributed by atoms with Gasteiger partial charge in [-0.05, 0) is 31.0 Å². The molecule has 0 spiro atoms. The van der Waals surface area contributed by atoms with E-state index in [4.69, 9.17) is 10.5 Å². The van der Waals surface area contributed by atoms with E-state index in [1.54, 1.807) is 18.9 Å². The van der Waals surface area contributed by atoms with Gasteiger partial charge in [-0.25, -0.2) is 0 Å². The summed E-state index contributed by atoms with van der Waals surface area (Å²) in [6, 6.07) is 7.67. The molecule has 1 fully saturated rings. The van der Waals surface area contributed by atoms with E-state index in [0.29, 0.717) is 13.2 Å². The number of nitrogens with zero attached hydrogens (tertiary/aromatic N) is 1. The number of halogens is 1. The van der Waals surface area contributed by atoms with Gasteiger partial charge in [0.1, 0.15) is 5.54 Å². The SMILES string of the molecule is CN(C(=O)C(C)(N)c1ccc(Br)cc1)C1CCOC1. The van der Waals surface area contributed by atoms with E-state index in [1.165, 1.54) is 0 Å². The lowest BCUT2D eigenvalue weighted by Gasteiger charge is -2.32. The average Bonchev–Trinajstić information content (AvgIpc) is 2.91. The minimum absolute atomic E-state index is 0.0784. The molecule has 4 nitrogen and oxygen atoms in total. The summed E-state index contributed by atoms with van der Waals surface area (Å²) in [6.45, 7) is 3.06. The number of likely N-dealkylation sites (N-methyl/N-ethyl adjacent to an activating group) is 1. The van der Waals surface area contributed by atoms with Gasteiger partial charge in [0.2, 0.25) is 5.91 Å². The zero-order chi connectivity index (χ0) is 14.0. The number of carbonyl (C=O) groups is 1. The molecule has 1 aromatic carbocycles. The van der Waals surface area contributed by atoms with Crippen molar-refractivity contribution in [2.45, 2.75) is 24.9 Å². The first kappa shape index (κ1) is 14.5. The Morgan fingerprint density at radius 3 is 2.63 bits per heavy atom. The maximum absolute atomic E-state index is 12.6. The number of benzene rings is 1. The summed E-state index contributed by atoms with van der Waals surface area (Å²) in [6.07, 6.45) is 0.874. The summed E-state index contributed by atoms with van der Waals surface area (Å²) in [5, 5.41) is 0. The number of amides is 1. The van der Waals surface area contributed by atoms with Crippen LogP contribution in [0.5, 0.6) is 0 Å². The third-order valence-electron chi connectivity index (χ3n) is 3.66. The van der Waals surface area contributed by atoms with Crippen LogP contribution in [0.4, 0.5) is 0 Å². The smallest absolute Gasteiger partial charge is 0.247 e. The maximum atomic E-state index is 12.6. The zero-order valence-corrected chi connectivity index (χ0v) is 12.8. The Kier molecular flexibility index (Phi) is 4.28. The largest absolute Gasteiger partial charge is 0.379 e. The van der Waals surface area contributed by atoms with E-state index < -0.39 is 5.54 Å². The van der Waals surface area contributed by atoms with E-state index in [1.807, 2.05) is 24.3 Å². The Bertz CT molecular complexity index is 453. The number of hydrogen-bond acceptors (Lipinski definition) is 3. The third kappa shape index (κ3) is 2.99. The monoisotopic (exact) mass is 326 g/mol. The van der Waals surface area contributed by atoms with Gasteiger partial charge >= 0.3 is 0 Å². The van der Waals surface area contributed by atoms with Crippen molar-refractivity contribution in [3.8, 4) is 0 Å². The predicted octanol–water partition coefficient (Wildman–Crippen LogP) is 1.87. The number of nitrogens with two attached hydrogens (primary N) is 1. The topological polar surface area (TPSA) is 55.6 Å². The van der Waals surface area contributed by atoms with Crippen LogP contribution in [0, 0.1) is 0 Å². The summed E-state index contributed by atoms with van der Waals surface area (Å²) >= 11 is 3.38. The molecule has 0 saturated carbocycles. The molecule has 19 heavy (non-hydrogen) atoms. The molecule has 1 aromatic rings. The first-order valence-electron chi connectivity index (χ1n) is 6.33. The number of ether oxygens (including phenoxy) is 1. The molecule has 2 rings (SSSR count). The molecule has 104 valence electrons. The van der Waals surface area contributed by atoms with Crippen LogP contribution in [0.25, 0.3) is 0 Å². The molecule has 0 aromatic heterocycles. The standard InChI is InChI=1S/C14H19BrN2O2/c1-14(16,10-3-5-11(15)6-4-10)13(18)17(2)12-7-8-19-9-12/h3-6,12H,7-9,16H2,1-2H3. The van der Waals surface area contributed by atoms with E-state index >= 15 is 0 Å². The van der Waals surface area contributed by atoms with Crippen molar-refractivity contribution in [1.29, 1.82) is 0 Å². The zero-order valence-electron chi connectivity index (χ0n) is 11.2. The van der Waals surface area contributed by atoms with Crippen LogP contribution in [-0.2, 0) is 15.1 Å². The molecule has 5 heteroatoms. The van der Waals surface area contributed by atoms with Crippen LogP contribution in [0.3, 0.4) is 0 Å². The molecular weight excluding hydrogens is 308 g/mol. The average molecular weight is 327 g/mol. The van der Waals surface area contributed by atoms with Crippen LogP contribution in [0.1, 0.15) is 18.9 Å². The first-order valence-corrected chi connectivity index (χ1v) is 7.12. The van der Waals surface area contributed by atoms with Crippen LogP contribution >= 0.6 is 15.9 Å². The molecule has 1 aliphatic heterocycles. The number of carbonyl (C=O) groups excluding carboxylic acids is 1. The molecule has 2 atom stereocenters. The lowest BCUT2D eigenvalue weighted by Crippen LogP contribution is -2.52. The number of hydrogen-bond donors (Lipinski definition) is 1. The molecule has 1 amide bonds. The molecule has 0 aliphatic carbocycles. The summed E-state index contributed by atoms with van der Waals surface area (Å²) < 4.78 is 6.29. The molecule has 0 radical (unpaired) electrons.